The average molecular weight is 973 g/mol. The lowest BCUT2D eigenvalue weighted by atomic mass is 10.0. The van der Waals surface area contributed by atoms with Crippen LogP contribution in [0.1, 0.15) is 284 Å². The number of esters is 3. The van der Waals surface area contributed by atoms with E-state index in [9.17, 15) is 28.9 Å². The zero-order valence-electron chi connectivity index (χ0n) is 43.6. The second-order valence-electron chi connectivity index (χ2n) is 20.1. The lowest BCUT2D eigenvalue weighted by Gasteiger charge is -2.20. The Kier molecular flexibility index (Phi) is 43.2. The Morgan fingerprint density at radius 1 is 0.433 bits per heavy atom. The van der Waals surface area contributed by atoms with Gasteiger partial charge < -0.3 is 24.2 Å². The molecule has 0 aromatic heterocycles. The monoisotopic (exact) mass is 973 g/mol. The van der Waals surface area contributed by atoms with Crippen LogP contribution in [0.25, 0.3) is 0 Å². The normalized spacial score (nSPS) is 16.4. The van der Waals surface area contributed by atoms with Crippen LogP contribution in [-0.2, 0) is 42.2 Å². The van der Waals surface area contributed by atoms with Gasteiger partial charge in [-0.25, -0.2) is 4.57 Å². The minimum Gasteiger partial charge on any atom is -0.463 e. The van der Waals surface area contributed by atoms with Crippen molar-refractivity contribution in [2.75, 3.05) is 26.4 Å². The molecule has 67 heavy (non-hydrogen) atoms. The van der Waals surface area contributed by atoms with Crippen LogP contribution in [0.3, 0.4) is 0 Å². The maximum atomic E-state index is 12.9. The molecule has 1 rings (SSSR count). The molecule has 5 atom stereocenters. The number of hydrogen-bond acceptors (Lipinski definition) is 10. The van der Waals surface area contributed by atoms with Gasteiger partial charge >= 0.3 is 25.7 Å². The second kappa shape index (κ2) is 45.6. The molecule has 0 bridgehead atoms. The largest absolute Gasteiger partial charge is 0.472 e. The molecule has 0 aromatic rings. The maximum absolute atomic E-state index is 12.9. The lowest BCUT2D eigenvalue weighted by molar-refractivity contribution is -0.161. The van der Waals surface area contributed by atoms with Crippen LogP contribution < -0.4 is 0 Å². The van der Waals surface area contributed by atoms with Crippen molar-refractivity contribution in [3.05, 3.63) is 0 Å². The lowest BCUT2D eigenvalue weighted by Crippen LogP contribution is -2.30. The van der Waals surface area contributed by atoms with E-state index in [2.05, 4.69) is 20.8 Å². The van der Waals surface area contributed by atoms with Crippen molar-refractivity contribution in [3.63, 3.8) is 0 Å². The van der Waals surface area contributed by atoms with E-state index in [-0.39, 0.29) is 32.5 Å². The molecule has 0 heterocycles. The third kappa shape index (κ3) is 43.0. The molecule has 1 saturated carbocycles. The number of phosphoric acid groups is 1. The third-order valence-corrected chi connectivity index (χ3v) is 14.4. The van der Waals surface area contributed by atoms with E-state index in [1.54, 1.807) is 0 Å². The van der Waals surface area contributed by atoms with Crippen LogP contribution in [0.2, 0.25) is 0 Å². The van der Waals surface area contributed by atoms with Gasteiger partial charge in [-0.3, -0.25) is 23.4 Å². The number of carbonyl (C=O) groups excluding carboxylic acids is 3. The summed E-state index contributed by atoms with van der Waals surface area (Å²) in [7, 11) is -4.71. The van der Waals surface area contributed by atoms with Gasteiger partial charge in [0.15, 0.2) is 6.10 Å². The number of ether oxygens (including phenoxy) is 3. The van der Waals surface area contributed by atoms with E-state index < -0.39 is 51.2 Å². The second-order valence-corrected chi connectivity index (χ2v) is 21.5. The molecule has 0 aromatic carbocycles. The van der Waals surface area contributed by atoms with Crippen LogP contribution in [0.15, 0.2) is 0 Å². The average Bonchev–Trinajstić information content (AvgIpc) is 4.07. The van der Waals surface area contributed by atoms with Gasteiger partial charge in [0.05, 0.1) is 13.2 Å². The summed E-state index contributed by atoms with van der Waals surface area (Å²) in [5.74, 6) is 0.508. The zero-order valence-corrected chi connectivity index (χ0v) is 44.5. The summed E-state index contributed by atoms with van der Waals surface area (Å²) in [6.07, 6.45) is 44.0. The molecule has 1 fully saturated rings. The first-order valence-electron chi connectivity index (χ1n) is 28.4. The third-order valence-electron chi connectivity index (χ3n) is 13.4. The number of unbranched alkanes of at least 4 members (excludes halogenated alkanes) is 31. The first-order valence-corrected chi connectivity index (χ1v) is 29.9. The molecule has 11 nitrogen and oxygen atoms in total. The summed E-state index contributed by atoms with van der Waals surface area (Å²) in [6.45, 7) is 4.88. The highest BCUT2D eigenvalue weighted by atomic mass is 31.2. The molecule has 0 amide bonds. The maximum Gasteiger partial charge on any atom is 0.472 e. The Balaban J connectivity index is 2.36. The predicted molar refractivity (Wildman–Crippen MR) is 273 cm³/mol. The van der Waals surface area contributed by atoms with E-state index in [1.165, 1.54) is 167 Å². The van der Waals surface area contributed by atoms with Crippen LogP contribution >= 0.6 is 7.82 Å². The molecular formula is C55H105O11P. The van der Waals surface area contributed by atoms with Crippen molar-refractivity contribution in [2.45, 2.75) is 296 Å². The van der Waals surface area contributed by atoms with Gasteiger partial charge in [0, 0.05) is 19.3 Å². The van der Waals surface area contributed by atoms with E-state index in [4.69, 9.17) is 23.3 Å². The molecule has 2 N–H and O–H groups in total. The molecule has 1 aliphatic carbocycles. The number of carbonyl (C=O) groups is 3. The molecule has 0 radical (unpaired) electrons. The number of aliphatic hydroxyl groups is 1. The number of rotatable bonds is 52. The van der Waals surface area contributed by atoms with Crippen molar-refractivity contribution in [3.8, 4) is 0 Å². The van der Waals surface area contributed by atoms with Gasteiger partial charge in [-0.15, -0.1) is 0 Å². The molecule has 0 saturated heterocycles. The van der Waals surface area contributed by atoms with Crippen LogP contribution in [0.5, 0.6) is 0 Å². The molecule has 0 aliphatic heterocycles. The smallest absolute Gasteiger partial charge is 0.463 e. The van der Waals surface area contributed by atoms with Crippen molar-refractivity contribution < 1.29 is 52.2 Å². The topological polar surface area (TPSA) is 155 Å². The van der Waals surface area contributed by atoms with Gasteiger partial charge in [0.2, 0.25) is 0 Å². The van der Waals surface area contributed by atoms with Gasteiger partial charge in [-0.2, -0.15) is 0 Å². The summed E-state index contributed by atoms with van der Waals surface area (Å²) >= 11 is 0. The standard InChI is InChI=1S/C55H105O11P/c1-4-7-10-13-15-17-19-21-23-25-27-31-36-41-53(57)62-45-51(56)46-64-67(60,61)65-48-52(47-63-54(58)42-37-32-28-26-24-22-20-18-16-14-11-8-5-2)66-55(59)43-38-33-29-30-35-40-50-44-49(50)39-34-12-9-6-3/h49-52,56H,4-48H2,1-3H3,(H,60,61)/t49?,50?,51-,52+/m0/s1. The van der Waals surface area contributed by atoms with Crippen LogP contribution in [0, 0.1) is 11.8 Å². The van der Waals surface area contributed by atoms with Crippen molar-refractivity contribution >= 4 is 25.7 Å². The van der Waals surface area contributed by atoms with Crippen LogP contribution in [0.4, 0.5) is 0 Å². The number of aliphatic hydroxyl groups excluding tert-OH is 1. The fraction of sp³-hybridized carbons (Fsp3) is 0.945. The first-order chi connectivity index (χ1) is 32.6. The van der Waals surface area contributed by atoms with Crippen molar-refractivity contribution in [2.24, 2.45) is 11.8 Å². The van der Waals surface area contributed by atoms with Crippen LogP contribution in [-0.4, -0.2) is 66.5 Å². The Hall–Kier alpha value is -1.52. The predicted octanol–water partition coefficient (Wildman–Crippen LogP) is 15.8. The molecule has 3 unspecified atom stereocenters. The summed E-state index contributed by atoms with van der Waals surface area (Å²) in [5, 5.41) is 10.3. The molecule has 396 valence electrons. The summed E-state index contributed by atoms with van der Waals surface area (Å²) in [4.78, 5) is 48.1. The highest BCUT2D eigenvalue weighted by Crippen LogP contribution is 2.46. The van der Waals surface area contributed by atoms with Gasteiger partial charge in [0.1, 0.15) is 19.3 Å². The fourth-order valence-corrected chi connectivity index (χ4v) is 9.74. The SMILES string of the molecule is CCCCCCCCCCCCCCCC(=O)OC[C@H](O)COP(=O)(O)OC[C@@H](COC(=O)CCCCCCCCCCCCCCC)OC(=O)CCCCCCCC1CC1CCCCCC. The van der Waals surface area contributed by atoms with E-state index >= 15 is 0 Å². The number of phosphoric ester groups is 1. The van der Waals surface area contributed by atoms with Crippen molar-refractivity contribution in [1.29, 1.82) is 0 Å². The summed E-state index contributed by atoms with van der Waals surface area (Å²) in [6, 6.07) is 0. The minimum atomic E-state index is -4.71. The molecule has 1 aliphatic rings. The van der Waals surface area contributed by atoms with Gasteiger partial charge in [-0.05, 0) is 37.5 Å². The highest BCUT2D eigenvalue weighted by molar-refractivity contribution is 7.47. The van der Waals surface area contributed by atoms with E-state index in [1.807, 2.05) is 0 Å². The van der Waals surface area contributed by atoms with E-state index in [0.717, 1.165) is 69.6 Å². The molecule has 12 heteroatoms. The highest BCUT2D eigenvalue weighted by Gasteiger charge is 2.35. The summed E-state index contributed by atoms with van der Waals surface area (Å²) < 4.78 is 39.1. The van der Waals surface area contributed by atoms with Gasteiger partial charge in [-0.1, -0.05) is 239 Å². The fourth-order valence-electron chi connectivity index (χ4n) is 8.95. The van der Waals surface area contributed by atoms with E-state index in [0.29, 0.717) is 19.3 Å². The Morgan fingerprint density at radius 2 is 0.746 bits per heavy atom. The Bertz CT molecular complexity index is 1200. The minimum absolute atomic E-state index is 0.184. The molecule has 0 spiro atoms. The molecular weight excluding hydrogens is 868 g/mol. The van der Waals surface area contributed by atoms with Gasteiger partial charge in [0.25, 0.3) is 0 Å². The quantitative estimate of drug-likeness (QED) is 0.0259. The first kappa shape index (κ1) is 63.5. The zero-order chi connectivity index (χ0) is 48.9. The van der Waals surface area contributed by atoms with Crippen molar-refractivity contribution in [1.82, 2.24) is 0 Å². The number of hydrogen-bond donors (Lipinski definition) is 2. The Labute approximate surface area is 411 Å². The summed E-state index contributed by atoms with van der Waals surface area (Å²) in [5.41, 5.74) is 0. The Morgan fingerprint density at radius 3 is 1.15 bits per heavy atom.